The molecule has 106 valence electrons. The molecule has 0 atom stereocenters. The van der Waals surface area contributed by atoms with Gasteiger partial charge < -0.3 is 9.84 Å². The Morgan fingerprint density at radius 3 is 2.53 bits per heavy atom. The number of phenolic OH excluding ortho intramolecular Hbond substituents is 1. The van der Waals surface area contributed by atoms with Gasteiger partial charge in [0.2, 0.25) is 10.0 Å². The quantitative estimate of drug-likeness (QED) is 0.788. The van der Waals surface area contributed by atoms with E-state index in [1.54, 1.807) is 6.92 Å². The molecule has 19 heavy (non-hydrogen) atoms. The van der Waals surface area contributed by atoms with Gasteiger partial charge in [-0.25, -0.2) is 8.42 Å². The van der Waals surface area contributed by atoms with Crippen LogP contribution in [0.15, 0.2) is 29.2 Å². The normalized spacial score (nSPS) is 11.5. The molecule has 6 nitrogen and oxygen atoms in total. The summed E-state index contributed by atoms with van der Waals surface area (Å²) in [6, 6.07) is 5.62. The fourth-order valence-electron chi connectivity index (χ4n) is 1.56. The van der Waals surface area contributed by atoms with Crippen LogP contribution in [0.1, 0.15) is 13.3 Å². The van der Waals surface area contributed by atoms with Crippen molar-refractivity contribution in [3.8, 4) is 5.75 Å². The third-order valence-corrected chi connectivity index (χ3v) is 4.38. The molecule has 1 aromatic rings. The first kappa shape index (κ1) is 15.5. The highest BCUT2D eigenvalue weighted by molar-refractivity contribution is 7.89. The van der Waals surface area contributed by atoms with Gasteiger partial charge in [0.15, 0.2) is 0 Å². The number of aromatic hydroxyl groups is 1. The van der Waals surface area contributed by atoms with E-state index in [1.165, 1.54) is 31.4 Å². The fourth-order valence-corrected chi connectivity index (χ4v) is 3.12. The summed E-state index contributed by atoms with van der Waals surface area (Å²) in [7, 11) is -2.72. The molecule has 0 aliphatic rings. The van der Waals surface area contributed by atoms with E-state index >= 15 is 0 Å². The third-order valence-electron chi connectivity index (χ3n) is 2.49. The Morgan fingerprint density at radius 2 is 2.00 bits per heavy atom. The number of benzene rings is 1. The Balaban J connectivity index is 3.13. The number of hydrogen-bond donors (Lipinski definition) is 1. The van der Waals surface area contributed by atoms with Crippen LogP contribution in [-0.2, 0) is 19.6 Å². The van der Waals surface area contributed by atoms with E-state index in [9.17, 15) is 18.3 Å². The molecule has 0 saturated heterocycles. The van der Waals surface area contributed by atoms with Crippen molar-refractivity contribution in [1.82, 2.24) is 4.31 Å². The molecule has 0 heterocycles. The van der Waals surface area contributed by atoms with Gasteiger partial charge in [-0.05, 0) is 18.6 Å². The first-order valence-corrected chi connectivity index (χ1v) is 7.22. The molecule has 1 rings (SSSR count). The second kappa shape index (κ2) is 6.53. The van der Waals surface area contributed by atoms with E-state index in [1.807, 2.05) is 0 Å². The van der Waals surface area contributed by atoms with Gasteiger partial charge in [0.25, 0.3) is 0 Å². The molecular formula is C12H17NO5S. The molecule has 0 saturated carbocycles. The molecule has 7 heteroatoms. The number of para-hydroxylation sites is 1. The van der Waals surface area contributed by atoms with Crippen molar-refractivity contribution in [2.24, 2.45) is 0 Å². The zero-order valence-electron chi connectivity index (χ0n) is 10.9. The zero-order valence-corrected chi connectivity index (χ0v) is 11.7. The van der Waals surface area contributed by atoms with Gasteiger partial charge in [0.05, 0.1) is 7.11 Å². The smallest absolute Gasteiger partial charge is 0.321 e. The molecule has 0 aromatic heterocycles. The van der Waals surface area contributed by atoms with Crippen LogP contribution in [0.25, 0.3) is 0 Å². The van der Waals surface area contributed by atoms with E-state index in [4.69, 9.17) is 0 Å². The number of hydrogen-bond acceptors (Lipinski definition) is 5. The van der Waals surface area contributed by atoms with Crippen LogP contribution in [0, 0.1) is 0 Å². The Labute approximate surface area is 112 Å². The summed E-state index contributed by atoms with van der Waals surface area (Å²) in [5, 5.41) is 9.63. The zero-order chi connectivity index (χ0) is 14.5. The van der Waals surface area contributed by atoms with Gasteiger partial charge in [0.1, 0.15) is 17.2 Å². The average Bonchev–Trinajstić information content (AvgIpc) is 2.38. The third kappa shape index (κ3) is 3.68. The fraction of sp³-hybridized carbons (Fsp3) is 0.417. The Hall–Kier alpha value is -1.60. The van der Waals surface area contributed by atoms with Crippen molar-refractivity contribution in [2.75, 3.05) is 20.2 Å². The Bertz CT molecular complexity index is 541. The highest BCUT2D eigenvalue weighted by Crippen LogP contribution is 2.25. The Kier molecular flexibility index (Phi) is 5.31. The second-order valence-electron chi connectivity index (χ2n) is 3.88. The predicted octanol–water partition coefficient (Wildman–Crippen LogP) is 0.966. The molecule has 0 spiro atoms. The molecule has 0 aliphatic heterocycles. The van der Waals surface area contributed by atoms with Crippen LogP contribution < -0.4 is 0 Å². The molecular weight excluding hydrogens is 270 g/mol. The SMILES string of the molecule is CCCN(CC(=O)OC)S(=O)(=O)c1ccccc1O. The number of nitrogens with zero attached hydrogens (tertiary/aromatic N) is 1. The molecule has 1 N–H and O–H groups in total. The van der Waals surface area contributed by atoms with Gasteiger partial charge in [-0.2, -0.15) is 4.31 Å². The lowest BCUT2D eigenvalue weighted by molar-refractivity contribution is -0.140. The van der Waals surface area contributed by atoms with Gasteiger partial charge >= 0.3 is 5.97 Å². The maximum Gasteiger partial charge on any atom is 0.321 e. The van der Waals surface area contributed by atoms with Crippen molar-refractivity contribution in [3.63, 3.8) is 0 Å². The lowest BCUT2D eigenvalue weighted by atomic mass is 10.3. The summed E-state index contributed by atoms with van der Waals surface area (Å²) < 4.78 is 30.2. The molecule has 0 radical (unpaired) electrons. The average molecular weight is 287 g/mol. The number of sulfonamides is 1. The predicted molar refractivity (Wildman–Crippen MR) is 69.2 cm³/mol. The number of ether oxygens (including phenoxy) is 1. The van der Waals surface area contributed by atoms with Crippen molar-refractivity contribution in [2.45, 2.75) is 18.2 Å². The number of carbonyl (C=O) groups is 1. The number of carbonyl (C=O) groups excluding carboxylic acids is 1. The highest BCUT2D eigenvalue weighted by atomic mass is 32.2. The lowest BCUT2D eigenvalue weighted by Gasteiger charge is -2.20. The van der Waals surface area contributed by atoms with Crippen LogP contribution in [0.3, 0.4) is 0 Å². The van der Waals surface area contributed by atoms with Crippen LogP contribution in [-0.4, -0.2) is 44.0 Å². The first-order chi connectivity index (χ1) is 8.93. The van der Waals surface area contributed by atoms with Crippen molar-refractivity contribution in [3.05, 3.63) is 24.3 Å². The molecule has 0 amide bonds. The van der Waals surface area contributed by atoms with E-state index in [0.717, 1.165) is 4.31 Å². The highest BCUT2D eigenvalue weighted by Gasteiger charge is 2.28. The van der Waals surface area contributed by atoms with Gasteiger partial charge in [0, 0.05) is 6.54 Å². The molecule has 0 fully saturated rings. The monoisotopic (exact) mass is 287 g/mol. The van der Waals surface area contributed by atoms with Crippen molar-refractivity contribution in [1.29, 1.82) is 0 Å². The summed E-state index contributed by atoms with van der Waals surface area (Å²) in [5.41, 5.74) is 0. The number of rotatable bonds is 6. The number of esters is 1. The van der Waals surface area contributed by atoms with Crippen molar-refractivity contribution >= 4 is 16.0 Å². The first-order valence-electron chi connectivity index (χ1n) is 5.78. The minimum atomic E-state index is -3.92. The summed E-state index contributed by atoms with van der Waals surface area (Å²) in [4.78, 5) is 11.1. The van der Waals surface area contributed by atoms with Crippen LogP contribution in [0.2, 0.25) is 0 Å². The van der Waals surface area contributed by atoms with Crippen molar-refractivity contribution < 1.29 is 23.1 Å². The van der Waals surface area contributed by atoms with Crippen LogP contribution in [0.5, 0.6) is 5.75 Å². The van der Waals surface area contributed by atoms with E-state index in [-0.39, 0.29) is 23.7 Å². The van der Waals surface area contributed by atoms with Gasteiger partial charge in [-0.1, -0.05) is 19.1 Å². The van der Waals surface area contributed by atoms with E-state index < -0.39 is 16.0 Å². The standard InChI is InChI=1S/C12H17NO5S/c1-3-8-13(9-12(15)18-2)19(16,17)11-7-5-4-6-10(11)14/h4-7,14H,3,8-9H2,1-2H3. The maximum absolute atomic E-state index is 12.4. The minimum Gasteiger partial charge on any atom is -0.507 e. The number of methoxy groups -OCH3 is 1. The molecule has 0 aliphatic carbocycles. The summed E-state index contributed by atoms with van der Waals surface area (Å²) in [6.45, 7) is 1.59. The summed E-state index contributed by atoms with van der Waals surface area (Å²) in [5.74, 6) is -0.985. The summed E-state index contributed by atoms with van der Waals surface area (Å²) in [6.07, 6.45) is 0.545. The van der Waals surface area contributed by atoms with Crippen LogP contribution >= 0.6 is 0 Å². The van der Waals surface area contributed by atoms with Gasteiger partial charge in [-0.15, -0.1) is 0 Å². The lowest BCUT2D eigenvalue weighted by Crippen LogP contribution is -2.36. The van der Waals surface area contributed by atoms with E-state index in [2.05, 4.69) is 4.74 Å². The second-order valence-corrected chi connectivity index (χ2v) is 5.79. The largest absolute Gasteiger partial charge is 0.507 e. The van der Waals surface area contributed by atoms with E-state index in [0.29, 0.717) is 6.42 Å². The number of phenols is 1. The molecule has 0 unspecified atom stereocenters. The topological polar surface area (TPSA) is 83.9 Å². The van der Waals surface area contributed by atoms with Gasteiger partial charge in [-0.3, -0.25) is 4.79 Å². The summed E-state index contributed by atoms with van der Waals surface area (Å²) >= 11 is 0. The Morgan fingerprint density at radius 1 is 1.37 bits per heavy atom. The maximum atomic E-state index is 12.4. The van der Waals surface area contributed by atoms with Crippen LogP contribution in [0.4, 0.5) is 0 Å². The molecule has 1 aromatic carbocycles. The minimum absolute atomic E-state index is 0.172. The molecule has 0 bridgehead atoms.